The maximum Gasteiger partial charge on any atom is 0.224 e. The highest BCUT2D eigenvalue weighted by Gasteiger charge is 2.05. The number of nitrogens with two attached hydrogens (primary N) is 1. The van der Waals surface area contributed by atoms with E-state index in [0.29, 0.717) is 12.8 Å². The van der Waals surface area contributed by atoms with Crippen LogP contribution in [-0.2, 0) is 11.2 Å². The number of nitrogen functional groups attached to an aromatic ring is 1. The van der Waals surface area contributed by atoms with Gasteiger partial charge in [0, 0.05) is 23.2 Å². The van der Waals surface area contributed by atoms with Gasteiger partial charge in [-0.1, -0.05) is 12.1 Å². The fourth-order valence-corrected chi connectivity index (χ4v) is 2.24. The normalized spacial score (nSPS) is 10.7. The molecule has 0 saturated heterocycles. The van der Waals surface area contributed by atoms with Crippen LogP contribution >= 0.6 is 0 Å². The Kier molecular flexibility index (Phi) is 3.55. The van der Waals surface area contributed by atoms with Gasteiger partial charge >= 0.3 is 0 Å². The number of carbonyl (C=O) groups is 1. The smallest absolute Gasteiger partial charge is 0.224 e. The molecule has 0 radical (unpaired) electrons. The van der Waals surface area contributed by atoms with Crippen LogP contribution in [0.2, 0.25) is 0 Å². The number of fused-ring (bicyclic) bond motifs is 1. The summed E-state index contributed by atoms with van der Waals surface area (Å²) < 4.78 is 0. The van der Waals surface area contributed by atoms with Crippen LogP contribution in [0.3, 0.4) is 0 Å². The molecule has 5 nitrogen and oxygen atoms in total. The molecular weight excluding hydrogens is 264 g/mol. The van der Waals surface area contributed by atoms with E-state index < -0.39 is 0 Å². The van der Waals surface area contributed by atoms with E-state index in [-0.39, 0.29) is 5.91 Å². The second-order valence-electron chi connectivity index (χ2n) is 4.97. The lowest BCUT2D eigenvalue weighted by Gasteiger charge is -2.06. The van der Waals surface area contributed by atoms with Crippen molar-refractivity contribution in [2.45, 2.75) is 12.8 Å². The number of amides is 1. The van der Waals surface area contributed by atoms with Crippen LogP contribution in [0.25, 0.3) is 10.9 Å². The average Bonchev–Trinajstić information content (AvgIpc) is 2.93. The summed E-state index contributed by atoms with van der Waals surface area (Å²) in [5, 5.41) is 10.8. The van der Waals surface area contributed by atoms with E-state index in [0.717, 1.165) is 27.8 Å². The van der Waals surface area contributed by atoms with Crippen molar-refractivity contribution in [3.63, 3.8) is 0 Å². The van der Waals surface area contributed by atoms with Gasteiger partial charge in [-0.3, -0.25) is 9.89 Å². The van der Waals surface area contributed by atoms with Crippen LogP contribution in [0, 0.1) is 0 Å². The Morgan fingerprint density at radius 1 is 1.24 bits per heavy atom. The minimum absolute atomic E-state index is 0.0173. The molecule has 3 rings (SSSR count). The maximum atomic E-state index is 12.0. The molecule has 1 aromatic heterocycles. The van der Waals surface area contributed by atoms with Crippen LogP contribution in [0.4, 0.5) is 11.4 Å². The lowest BCUT2D eigenvalue weighted by atomic mass is 10.1. The molecule has 0 aliphatic heterocycles. The molecule has 2 aromatic carbocycles. The van der Waals surface area contributed by atoms with Gasteiger partial charge in [0.05, 0.1) is 11.7 Å². The zero-order chi connectivity index (χ0) is 14.7. The third-order valence-electron chi connectivity index (χ3n) is 3.32. The van der Waals surface area contributed by atoms with Crippen LogP contribution in [0.15, 0.2) is 48.7 Å². The Hall–Kier alpha value is -2.82. The summed E-state index contributed by atoms with van der Waals surface area (Å²) >= 11 is 0. The molecule has 106 valence electrons. The highest BCUT2D eigenvalue weighted by atomic mass is 16.1. The van der Waals surface area contributed by atoms with E-state index in [9.17, 15) is 4.79 Å². The number of aryl methyl sites for hydroxylation is 1. The zero-order valence-corrected chi connectivity index (χ0v) is 11.5. The van der Waals surface area contributed by atoms with Gasteiger partial charge in [0.25, 0.3) is 0 Å². The number of rotatable bonds is 4. The highest BCUT2D eigenvalue weighted by Crippen LogP contribution is 2.17. The Morgan fingerprint density at radius 2 is 2.14 bits per heavy atom. The number of aromatic nitrogens is 2. The Labute approximate surface area is 122 Å². The largest absolute Gasteiger partial charge is 0.399 e. The predicted octanol–water partition coefficient (Wildman–Crippen LogP) is 2.72. The lowest BCUT2D eigenvalue weighted by molar-refractivity contribution is -0.116. The monoisotopic (exact) mass is 280 g/mol. The topological polar surface area (TPSA) is 83.8 Å². The van der Waals surface area contributed by atoms with Crippen molar-refractivity contribution in [2.24, 2.45) is 0 Å². The minimum atomic E-state index is -0.0173. The minimum Gasteiger partial charge on any atom is -0.399 e. The molecule has 21 heavy (non-hydrogen) atoms. The van der Waals surface area contributed by atoms with Crippen molar-refractivity contribution in [3.05, 3.63) is 54.2 Å². The second kappa shape index (κ2) is 5.66. The number of nitrogens with one attached hydrogen (secondary N) is 2. The molecule has 0 bridgehead atoms. The van der Waals surface area contributed by atoms with E-state index in [1.54, 1.807) is 6.20 Å². The quantitative estimate of drug-likeness (QED) is 0.642. The van der Waals surface area contributed by atoms with Gasteiger partial charge < -0.3 is 11.1 Å². The number of H-pyrrole nitrogens is 1. The first-order valence-electron chi connectivity index (χ1n) is 6.78. The van der Waals surface area contributed by atoms with Gasteiger partial charge in [-0.15, -0.1) is 0 Å². The number of anilines is 2. The molecule has 0 atom stereocenters. The van der Waals surface area contributed by atoms with Crippen molar-refractivity contribution in [1.82, 2.24) is 10.2 Å². The van der Waals surface area contributed by atoms with Gasteiger partial charge in [-0.2, -0.15) is 5.10 Å². The van der Waals surface area contributed by atoms with Crippen molar-refractivity contribution in [1.29, 1.82) is 0 Å². The summed E-state index contributed by atoms with van der Waals surface area (Å²) in [7, 11) is 0. The summed E-state index contributed by atoms with van der Waals surface area (Å²) in [5.74, 6) is -0.0173. The van der Waals surface area contributed by atoms with Gasteiger partial charge in [0.1, 0.15) is 0 Å². The number of carbonyl (C=O) groups excluding carboxylic acids is 1. The fraction of sp³-hybridized carbons (Fsp3) is 0.125. The first kappa shape index (κ1) is 13.2. The molecular formula is C16H16N4O. The second-order valence-corrected chi connectivity index (χ2v) is 4.97. The molecule has 0 aliphatic rings. The lowest BCUT2D eigenvalue weighted by Crippen LogP contribution is -2.12. The Bertz CT molecular complexity index is 779. The molecule has 0 spiro atoms. The van der Waals surface area contributed by atoms with Gasteiger partial charge in [-0.05, 0) is 42.3 Å². The SMILES string of the molecule is Nc1cccc(CCC(=O)Nc2ccc3cn[nH]c3c2)c1. The summed E-state index contributed by atoms with van der Waals surface area (Å²) in [6.45, 7) is 0. The van der Waals surface area contributed by atoms with Gasteiger partial charge in [0.15, 0.2) is 0 Å². The standard InChI is InChI=1S/C16H16N4O/c17-13-3-1-2-11(8-13)4-7-16(21)19-14-6-5-12-10-18-20-15(12)9-14/h1-3,5-6,8-10H,4,7,17H2,(H,18,20)(H,19,21). The van der Waals surface area contributed by atoms with E-state index in [2.05, 4.69) is 15.5 Å². The zero-order valence-electron chi connectivity index (χ0n) is 11.5. The van der Waals surface area contributed by atoms with Crippen LogP contribution in [0.5, 0.6) is 0 Å². The van der Waals surface area contributed by atoms with Crippen molar-refractivity contribution < 1.29 is 4.79 Å². The molecule has 4 N–H and O–H groups in total. The van der Waals surface area contributed by atoms with Crippen molar-refractivity contribution >= 4 is 28.2 Å². The predicted molar refractivity (Wildman–Crippen MR) is 83.9 cm³/mol. The van der Waals surface area contributed by atoms with Crippen LogP contribution < -0.4 is 11.1 Å². The highest BCUT2D eigenvalue weighted by molar-refractivity contribution is 5.93. The van der Waals surface area contributed by atoms with E-state index in [1.165, 1.54) is 0 Å². The summed E-state index contributed by atoms with van der Waals surface area (Å²) in [5.41, 5.74) is 9.18. The van der Waals surface area contributed by atoms with E-state index in [1.807, 2.05) is 42.5 Å². The fourth-order valence-electron chi connectivity index (χ4n) is 2.24. The van der Waals surface area contributed by atoms with Crippen molar-refractivity contribution in [3.8, 4) is 0 Å². The molecule has 1 amide bonds. The molecule has 1 heterocycles. The van der Waals surface area contributed by atoms with Gasteiger partial charge in [-0.25, -0.2) is 0 Å². The first-order valence-corrected chi connectivity index (χ1v) is 6.78. The number of aromatic amines is 1. The van der Waals surface area contributed by atoms with Crippen LogP contribution in [0.1, 0.15) is 12.0 Å². The number of nitrogens with zero attached hydrogens (tertiary/aromatic N) is 1. The Balaban J connectivity index is 1.60. The third-order valence-corrected chi connectivity index (χ3v) is 3.32. The van der Waals surface area contributed by atoms with E-state index >= 15 is 0 Å². The number of hydrogen-bond donors (Lipinski definition) is 3. The summed E-state index contributed by atoms with van der Waals surface area (Å²) in [4.78, 5) is 12.0. The molecule has 0 fully saturated rings. The number of hydrogen-bond acceptors (Lipinski definition) is 3. The molecule has 0 unspecified atom stereocenters. The van der Waals surface area contributed by atoms with Crippen molar-refractivity contribution in [2.75, 3.05) is 11.1 Å². The molecule has 5 heteroatoms. The first-order chi connectivity index (χ1) is 10.2. The number of benzene rings is 2. The molecule has 0 saturated carbocycles. The third kappa shape index (κ3) is 3.20. The van der Waals surface area contributed by atoms with E-state index in [4.69, 9.17) is 5.73 Å². The van der Waals surface area contributed by atoms with Crippen LogP contribution in [-0.4, -0.2) is 16.1 Å². The molecule has 3 aromatic rings. The molecule has 0 aliphatic carbocycles. The average molecular weight is 280 g/mol. The summed E-state index contributed by atoms with van der Waals surface area (Å²) in [6.07, 6.45) is 2.84. The Morgan fingerprint density at radius 3 is 3.00 bits per heavy atom. The maximum absolute atomic E-state index is 12.0. The summed E-state index contributed by atoms with van der Waals surface area (Å²) in [6, 6.07) is 13.3. The van der Waals surface area contributed by atoms with Gasteiger partial charge in [0.2, 0.25) is 5.91 Å².